The van der Waals surface area contributed by atoms with Crippen LogP contribution in [0.5, 0.6) is 0 Å². The highest BCUT2D eigenvalue weighted by atomic mass is 16.6. The standard InChI is InChI=1S/C13H23NO5/c1-12(2,3)19-11(16)14-9(7-10(15)17-6)8-18-13(14,4)5/h9H,7-8H2,1-6H3/t9-/m0/s1. The number of hydrogen-bond acceptors (Lipinski definition) is 5. The Labute approximate surface area is 114 Å². The molecule has 0 saturated carbocycles. The van der Waals surface area contributed by atoms with Crippen LogP contribution in [0.25, 0.3) is 0 Å². The van der Waals surface area contributed by atoms with Gasteiger partial charge >= 0.3 is 12.1 Å². The molecule has 1 atom stereocenters. The minimum absolute atomic E-state index is 0.0964. The Bertz CT molecular complexity index is 359. The van der Waals surface area contributed by atoms with E-state index in [9.17, 15) is 9.59 Å². The van der Waals surface area contributed by atoms with E-state index in [2.05, 4.69) is 4.74 Å². The number of methoxy groups -OCH3 is 1. The molecule has 1 aliphatic heterocycles. The number of rotatable bonds is 2. The van der Waals surface area contributed by atoms with Gasteiger partial charge in [0, 0.05) is 0 Å². The van der Waals surface area contributed by atoms with E-state index in [1.165, 1.54) is 12.0 Å². The van der Waals surface area contributed by atoms with E-state index >= 15 is 0 Å². The van der Waals surface area contributed by atoms with Gasteiger partial charge in [-0.25, -0.2) is 4.79 Å². The smallest absolute Gasteiger partial charge is 0.412 e. The molecule has 0 spiro atoms. The maximum absolute atomic E-state index is 12.2. The fourth-order valence-corrected chi connectivity index (χ4v) is 1.99. The molecule has 0 radical (unpaired) electrons. The summed E-state index contributed by atoms with van der Waals surface area (Å²) in [5.41, 5.74) is -1.38. The molecular weight excluding hydrogens is 250 g/mol. The summed E-state index contributed by atoms with van der Waals surface area (Å²) < 4.78 is 15.6. The normalized spacial score (nSPS) is 22.2. The first-order valence-corrected chi connectivity index (χ1v) is 6.30. The number of carbonyl (C=O) groups excluding carboxylic acids is 2. The van der Waals surface area contributed by atoms with Crippen LogP contribution < -0.4 is 0 Å². The Kier molecular flexibility index (Phi) is 4.45. The minimum Gasteiger partial charge on any atom is -0.469 e. The van der Waals surface area contributed by atoms with Crippen molar-refractivity contribution in [3.63, 3.8) is 0 Å². The molecule has 1 amide bonds. The average molecular weight is 273 g/mol. The van der Waals surface area contributed by atoms with E-state index in [0.29, 0.717) is 6.61 Å². The summed E-state index contributed by atoms with van der Waals surface area (Å²) in [6, 6.07) is -0.364. The number of amides is 1. The van der Waals surface area contributed by atoms with E-state index in [1.54, 1.807) is 34.6 Å². The van der Waals surface area contributed by atoms with Gasteiger partial charge in [-0.1, -0.05) is 0 Å². The Morgan fingerprint density at radius 1 is 1.37 bits per heavy atom. The molecule has 0 aromatic carbocycles. The van der Waals surface area contributed by atoms with Gasteiger partial charge in [0.05, 0.1) is 26.2 Å². The van der Waals surface area contributed by atoms with Crippen molar-refractivity contribution in [3.8, 4) is 0 Å². The number of esters is 1. The predicted molar refractivity (Wildman–Crippen MR) is 68.5 cm³/mol. The fraction of sp³-hybridized carbons (Fsp3) is 0.846. The molecule has 0 aromatic rings. The van der Waals surface area contributed by atoms with Crippen LogP contribution in [-0.4, -0.2) is 48.0 Å². The zero-order valence-electron chi connectivity index (χ0n) is 12.5. The summed E-state index contributed by atoms with van der Waals surface area (Å²) in [6.07, 6.45) is -0.386. The maximum Gasteiger partial charge on any atom is 0.412 e. The van der Waals surface area contributed by atoms with Crippen LogP contribution >= 0.6 is 0 Å². The van der Waals surface area contributed by atoms with Crippen LogP contribution in [0.1, 0.15) is 41.0 Å². The van der Waals surface area contributed by atoms with E-state index in [1.807, 2.05) is 0 Å². The van der Waals surface area contributed by atoms with Crippen molar-refractivity contribution in [2.45, 2.75) is 58.4 Å². The van der Waals surface area contributed by atoms with Gasteiger partial charge in [0.2, 0.25) is 0 Å². The number of carbonyl (C=O) groups is 2. The van der Waals surface area contributed by atoms with Crippen molar-refractivity contribution in [1.82, 2.24) is 4.90 Å². The van der Waals surface area contributed by atoms with Crippen molar-refractivity contribution in [1.29, 1.82) is 0 Å². The second kappa shape index (κ2) is 5.36. The summed E-state index contributed by atoms with van der Waals surface area (Å²) in [7, 11) is 1.32. The van der Waals surface area contributed by atoms with Gasteiger partial charge in [-0.2, -0.15) is 0 Å². The van der Waals surface area contributed by atoms with Gasteiger partial charge in [0.15, 0.2) is 0 Å². The van der Waals surface area contributed by atoms with Gasteiger partial charge in [-0.15, -0.1) is 0 Å². The van der Waals surface area contributed by atoms with Crippen molar-refractivity contribution in [2.75, 3.05) is 13.7 Å². The lowest BCUT2D eigenvalue weighted by Gasteiger charge is -2.34. The molecule has 0 unspecified atom stereocenters. The first-order chi connectivity index (χ1) is 8.57. The van der Waals surface area contributed by atoms with E-state index < -0.39 is 17.4 Å². The molecule has 1 fully saturated rings. The molecule has 110 valence electrons. The molecule has 0 aromatic heterocycles. The van der Waals surface area contributed by atoms with Gasteiger partial charge in [-0.05, 0) is 34.6 Å². The Morgan fingerprint density at radius 3 is 2.42 bits per heavy atom. The van der Waals surface area contributed by atoms with Crippen LogP contribution in [-0.2, 0) is 19.0 Å². The second-order valence-corrected chi connectivity index (χ2v) is 6.04. The van der Waals surface area contributed by atoms with Gasteiger partial charge < -0.3 is 14.2 Å². The molecule has 19 heavy (non-hydrogen) atoms. The SMILES string of the molecule is COC(=O)C[C@H]1COC(C)(C)N1C(=O)OC(C)(C)C. The highest BCUT2D eigenvalue weighted by molar-refractivity contribution is 5.73. The van der Waals surface area contributed by atoms with Crippen LogP contribution in [0.15, 0.2) is 0 Å². The summed E-state index contributed by atoms with van der Waals surface area (Å²) in [5.74, 6) is -0.375. The van der Waals surface area contributed by atoms with E-state index in [0.717, 1.165) is 0 Å². The third kappa shape index (κ3) is 4.09. The van der Waals surface area contributed by atoms with E-state index in [4.69, 9.17) is 9.47 Å². The molecule has 1 rings (SSSR count). The van der Waals surface area contributed by atoms with Gasteiger partial charge in [-0.3, -0.25) is 9.69 Å². The highest BCUT2D eigenvalue weighted by Gasteiger charge is 2.46. The maximum atomic E-state index is 12.2. The molecule has 1 aliphatic rings. The highest BCUT2D eigenvalue weighted by Crippen LogP contribution is 2.30. The lowest BCUT2D eigenvalue weighted by molar-refractivity contribution is -0.141. The first-order valence-electron chi connectivity index (χ1n) is 6.30. The predicted octanol–water partition coefficient (Wildman–Crippen LogP) is 1.92. The van der Waals surface area contributed by atoms with Gasteiger partial charge in [0.25, 0.3) is 0 Å². The first kappa shape index (κ1) is 15.8. The number of ether oxygens (including phenoxy) is 3. The molecule has 1 heterocycles. The molecule has 1 saturated heterocycles. The lowest BCUT2D eigenvalue weighted by atomic mass is 10.1. The Morgan fingerprint density at radius 2 is 1.95 bits per heavy atom. The molecule has 6 nitrogen and oxygen atoms in total. The van der Waals surface area contributed by atoms with Crippen LogP contribution in [0.4, 0.5) is 4.79 Å². The zero-order chi connectivity index (χ0) is 14.8. The quantitative estimate of drug-likeness (QED) is 0.719. The zero-order valence-corrected chi connectivity index (χ0v) is 12.5. The molecule has 0 aliphatic carbocycles. The Balaban J connectivity index is 2.84. The summed E-state index contributed by atoms with van der Waals surface area (Å²) in [5, 5.41) is 0. The van der Waals surface area contributed by atoms with Crippen LogP contribution in [0.3, 0.4) is 0 Å². The largest absolute Gasteiger partial charge is 0.469 e. The number of hydrogen-bond donors (Lipinski definition) is 0. The Hall–Kier alpha value is -1.30. The summed E-state index contributed by atoms with van der Waals surface area (Å²) >= 11 is 0. The van der Waals surface area contributed by atoms with E-state index in [-0.39, 0.29) is 18.4 Å². The fourth-order valence-electron chi connectivity index (χ4n) is 1.99. The van der Waals surface area contributed by atoms with Crippen molar-refractivity contribution < 1.29 is 23.8 Å². The van der Waals surface area contributed by atoms with Gasteiger partial charge in [0.1, 0.15) is 11.3 Å². The lowest BCUT2D eigenvalue weighted by Crippen LogP contribution is -2.50. The monoisotopic (exact) mass is 273 g/mol. The van der Waals surface area contributed by atoms with Crippen molar-refractivity contribution in [2.24, 2.45) is 0 Å². The average Bonchev–Trinajstić information content (AvgIpc) is 2.51. The van der Waals surface area contributed by atoms with Crippen molar-refractivity contribution in [3.05, 3.63) is 0 Å². The third-order valence-electron chi connectivity index (χ3n) is 2.79. The van der Waals surface area contributed by atoms with Crippen LogP contribution in [0, 0.1) is 0 Å². The topological polar surface area (TPSA) is 65.1 Å². The summed E-state index contributed by atoms with van der Waals surface area (Å²) in [6.45, 7) is 9.22. The second-order valence-electron chi connectivity index (χ2n) is 6.04. The minimum atomic E-state index is -0.791. The van der Waals surface area contributed by atoms with Crippen LogP contribution in [0.2, 0.25) is 0 Å². The molecule has 6 heteroatoms. The molecule has 0 N–H and O–H groups in total. The number of nitrogens with zero attached hydrogens (tertiary/aromatic N) is 1. The van der Waals surface area contributed by atoms with Crippen molar-refractivity contribution >= 4 is 12.1 Å². The molecule has 0 bridgehead atoms. The third-order valence-corrected chi connectivity index (χ3v) is 2.79. The molecular formula is C13H23NO5. The summed E-state index contributed by atoms with van der Waals surface area (Å²) in [4.78, 5) is 25.1.